The van der Waals surface area contributed by atoms with Gasteiger partial charge >= 0.3 is 5.97 Å². The van der Waals surface area contributed by atoms with Crippen molar-refractivity contribution in [3.63, 3.8) is 0 Å². The van der Waals surface area contributed by atoms with E-state index in [9.17, 15) is 4.79 Å². The van der Waals surface area contributed by atoms with Gasteiger partial charge in [-0.1, -0.05) is 24.6 Å². The number of fused-ring (bicyclic) bond motifs is 1. The molecule has 0 fully saturated rings. The van der Waals surface area contributed by atoms with Crippen LogP contribution in [0.15, 0.2) is 41.5 Å². The molecule has 1 aliphatic heterocycles. The molecule has 0 bridgehead atoms. The number of hydrogen-bond donors (Lipinski definition) is 0. The summed E-state index contributed by atoms with van der Waals surface area (Å²) in [6.45, 7) is 11.3. The molecule has 4 nitrogen and oxygen atoms in total. The molecule has 0 aliphatic carbocycles. The highest BCUT2D eigenvalue weighted by molar-refractivity contribution is 5.87. The van der Waals surface area contributed by atoms with Crippen LogP contribution in [-0.2, 0) is 16.0 Å². The summed E-state index contributed by atoms with van der Waals surface area (Å²) >= 11 is 0. The number of ether oxygens (including phenoxy) is 3. The molecule has 4 heteroatoms. The fraction of sp³-hybridized carbons (Fsp3) is 0.577. The maximum absolute atomic E-state index is 11.6. The second-order valence-electron chi connectivity index (χ2n) is 8.41. The van der Waals surface area contributed by atoms with Crippen LogP contribution in [0.2, 0.25) is 0 Å². The summed E-state index contributed by atoms with van der Waals surface area (Å²) in [5, 5.41) is 0. The first-order valence-corrected chi connectivity index (χ1v) is 11.3. The highest BCUT2D eigenvalue weighted by atomic mass is 16.5. The first kappa shape index (κ1) is 24.0. The van der Waals surface area contributed by atoms with E-state index >= 15 is 0 Å². The number of hydrogen-bond acceptors (Lipinski definition) is 4. The molecule has 30 heavy (non-hydrogen) atoms. The number of rotatable bonds is 11. The number of carbonyl (C=O) groups excluding carboxylic acids is 1. The Balaban J connectivity index is 1.81. The lowest BCUT2D eigenvalue weighted by Crippen LogP contribution is -2.36. The molecule has 1 aromatic rings. The molecule has 1 unspecified atom stereocenters. The van der Waals surface area contributed by atoms with E-state index in [4.69, 9.17) is 14.2 Å². The van der Waals surface area contributed by atoms with Crippen molar-refractivity contribution in [1.82, 2.24) is 0 Å². The zero-order chi connectivity index (χ0) is 22.0. The van der Waals surface area contributed by atoms with Crippen LogP contribution in [0.25, 0.3) is 0 Å². The lowest BCUT2D eigenvalue weighted by Gasteiger charge is -2.36. The zero-order valence-corrected chi connectivity index (χ0v) is 19.4. The van der Waals surface area contributed by atoms with Gasteiger partial charge in [-0.2, -0.15) is 0 Å². The minimum absolute atomic E-state index is 0.129. The third kappa shape index (κ3) is 7.55. The highest BCUT2D eigenvalue weighted by Gasteiger charge is 2.31. The Hall–Kier alpha value is -2.23. The Morgan fingerprint density at radius 1 is 1.20 bits per heavy atom. The number of benzene rings is 1. The molecule has 0 saturated heterocycles. The molecular weight excluding hydrogens is 376 g/mol. The van der Waals surface area contributed by atoms with Gasteiger partial charge in [0.1, 0.15) is 17.1 Å². The largest absolute Gasteiger partial charge is 0.494 e. The highest BCUT2D eigenvalue weighted by Crippen LogP contribution is 2.37. The minimum Gasteiger partial charge on any atom is -0.494 e. The lowest BCUT2D eigenvalue weighted by atomic mass is 9.88. The first-order valence-electron chi connectivity index (χ1n) is 11.3. The molecule has 0 N–H and O–H groups in total. The molecule has 0 radical (unpaired) electrons. The molecule has 1 atom stereocenters. The van der Waals surface area contributed by atoms with Gasteiger partial charge in [0.05, 0.1) is 13.2 Å². The Bertz CT molecular complexity index is 762. The van der Waals surface area contributed by atoms with E-state index in [1.807, 2.05) is 26.0 Å². The van der Waals surface area contributed by atoms with Crippen LogP contribution in [0.1, 0.15) is 78.7 Å². The van der Waals surface area contributed by atoms with Crippen LogP contribution >= 0.6 is 0 Å². The van der Waals surface area contributed by atoms with E-state index in [0.717, 1.165) is 63.1 Å². The van der Waals surface area contributed by atoms with Crippen LogP contribution in [0, 0.1) is 0 Å². The summed E-state index contributed by atoms with van der Waals surface area (Å²) in [5.41, 5.74) is 3.15. The molecule has 1 aliphatic rings. The maximum Gasteiger partial charge on any atom is 0.333 e. The molecule has 0 aromatic heterocycles. The third-order valence-electron chi connectivity index (χ3n) is 5.54. The summed E-state index contributed by atoms with van der Waals surface area (Å²) in [6.07, 6.45) is 11.1. The number of esters is 1. The normalized spacial score (nSPS) is 19.1. The molecule has 0 amide bonds. The molecule has 2 rings (SSSR count). The Morgan fingerprint density at radius 3 is 2.73 bits per heavy atom. The fourth-order valence-electron chi connectivity index (χ4n) is 3.62. The summed E-state index contributed by atoms with van der Waals surface area (Å²) < 4.78 is 17.1. The average molecular weight is 415 g/mol. The van der Waals surface area contributed by atoms with Gasteiger partial charge in [0.15, 0.2) is 0 Å². The molecule has 0 saturated carbocycles. The van der Waals surface area contributed by atoms with Gasteiger partial charge in [-0.25, -0.2) is 4.79 Å². The first-order chi connectivity index (χ1) is 14.4. The Labute approximate surface area is 182 Å². The van der Waals surface area contributed by atoms with Gasteiger partial charge in [-0.3, -0.25) is 0 Å². The predicted molar refractivity (Wildman–Crippen MR) is 122 cm³/mol. The van der Waals surface area contributed by atoms with Crippen LogP contribution in [0.4, 0.5) is 0 Å². The summed E-state index contributed by atoms with van der Waals surface area (Å²) in [5.74, 6) is 1.72. The SMILES string of the molecule is CCCOc1ccc2c(c1)CCC(C)(CC/C=C(\C)CC/C=C(\C)C(=O)OCC)O2. The standard InChI is InChI=1S/C26H38O4/c1-6-18-29-23-13-14-24-22(19-23)15-17-26(5,30-24)16-9-11-20(3)10-8-12-21(4)25(27)28-7-2/h11-14,19H,6-10,15-18H2,1-5H3/b20-11+,21-12+. The minimum atomic E-state index is -0.217. The van der Waals surface area contributed by atoms with Crippen LogP contribution in [-0.4, -0.2) is 24.8 Å². The van der Waals surface area contributed by atoms with E-state index in [2.05, 4.69) is 39.0 Å². The van der Waals surface area contributed by atoms with Gasteiger partial charge in [0.25, 0.3) is 0 Å². The van der Waals surface area contributed by atoms with Gasteiger partial charge in [-0.05, 0) is 96.4 Å². The van der Waals surface area contributed by atoms with Crippen molar-refractivity contribution >= 4 is 5.97 Å². The van der Waals surface area contributed by atoms with E-state index in [0.29, 0.717) is 12.2 Å². The fourth-order valence-corrected chi connectivity index (χ4v) is 3.62. The topological polar surface area (TPSA) is 44.8 Å². The van der Waals surface area contributed by atoms with Crippen LogP contribution < -0.4 is 9.47 Å². The Kier molecular flexibility index (Phi) is 9.48. The maximum atomic E-state index is 11.6. The van der Waals surface area contributed by atoms with Crippen LogP contribution in [0.5, 0.6) is 11.5 Å². The van der Waals surface area contributed by atoms with Crippen molar-refractivity contribution in [2.45, 2.75) is 85.2 Å². The monoisotopic (exact) mass is 414 g/mol. The number of allylic oxidation sites excluding steroid dienone is 3. The number of aryl methyl sites for hydroxylation is 1. The van der Waals surface area contributed by atoms with E-state index < -0.39 is 0 Å². The number of carbonyl (C=O) groups is 1. The van der Waals surface area contributed by atoms with E-state index in [1.165, 1.54) is 11.1 Å². The lowest BCUT2D eigenvalue weighted by molar-refractivity contribution is -0.138. The van der Waals surface area contributed by atoms with E-state index in [1.54, 1.807) is 0 Å². The van der Waals surface area contributed by atoms with Crippen LogP contribution in [0.3, 0.4) is 0 Å². The van der Waals surface area contributed by atoms with Gasteiger partial charge < -0.3 is 14.2 Å². The van der Waals surface area contributed by atoms with Gasteiger partial charge in [0, 0.05) is 5.57 Å². The van der Waals surface area contributed by atoms with Gasteiger partial charge in [-0.15, -0.1) is 0 Å². The quantitative estimate of drug-likeness (QED) is 0.233. The van der Waals surface area contributed by atoms with Crippen molar-refractivity contribution in [1.29, 1.82) is 0 Å². The van der Waals surface area contributed by atoms with Crippen molar-refractivity contribution in [3.05, 3.63) is 47.1 Å². The molecule has 166 valence electrons. The molecule has 1 aromatic carbocycles. The van der Waals surface area contributed by atoms with E-state index in [-0.39, 0.29) is 11.6 Å². The predicted octanol–water partition coefficient (Wildman–Crippen LogP) is 6.58. The molecular formula is C26H38O4. The second kappa shape index (κ2) is 11.8. The second-order valence-corrected chi connectivity index (χ2v) is 8.41. The van der Waals surface area contributed by atoms with Gasteiger partial charge in [0.2, 0.25) is 0 Å². The third-order valence-corrected chi connectivity index (χ3v) is 5.54. The Morgan fingerprint density at radius 2 is 2.00 bits per heavy atom. The molecule has 1 heterocycles. The van der Waals surface area contributed by atoms with Crippen molar-refractivity contribution in [3.8, 4) is 11.5 Å². The van der Waals surface area contributed by atoms with Crippen molar-refractivity contribution < 1.29 is 19.0 Å². The zero-order valence-electron chi connectivity index (χ0n) is 19.4. The summed E-state index contributed by atoms with van der Waals surface area (Å²) in [6, 6.07) is 6.19. The molecule has 0 spiro atoms. The average Bonchev–Trinajstić information content (AvgIpc) is 2.72. The smallest absolute Gasteiger partial charge is 0.333 e. The summed E-state index contributed by atoms with van der Waals surface area (Å²) in [4.78, 5) is 11.6. The van der Waals surface area contributed by atoms with Crippen molar-refractivity contribution in [2.24, 2.45) is 0 Å². The van der Waals surface area contributed by atoms with Crippen molar-refractivity contribution in [2.75, 3.05) is 13.2 Å². The summed E-state index contributed by atoms with van der Waals surface area (Å²) in [7, 11) is 0.